The first-order valence-corrected chi connectivity index (χ1v) is 9.30. The van der Waals surface area contributed by atoms with E-state index >= 15 is 0 Å². The summed E-state index contributed by atoms with van der Waals surface area (Å²) in [5.41, 5.74) is 0.0272. The molecule has 0 fully saturated rings. The summed E-state index contributed by atoms with van der Waals surface area (Å²) in [4.78, 5) is 25.5. The van der Waals surface area contributed by atoms with E-state index in [1.165, 1.54) is 26.4 Å². The number of esters is 2. The summed E-state index contributed by atoms with van der Waals surface area (Å²) < 4.78 is 32.2. The molecule has 2 atom stereocenters. The zero-order valence-corrected chi connectivity index (χ0v) is 17.4. The lowest BCUT2D eigenvalue weighted by Crippen LogP contribution is -2.41. The lowest BCUT2D eigenvalue weighted by Gasteiger charge is -2.31. The third-order valence-electron chi connectivity index (χ3n) is 4.08. The maximum atomic E-state index is 12.8. The van der Waals surface area contributed by atoms with Crippen LogP contribution in [-0.4, -0.2) is 51.3 Å². The summed E-state index contributed by atoms with van der Waals surface area (Å²) in [5, 5.41) is 0. The minimum Gasteiger partial charge on any atom is -0.404 e. The molecule has 158 valence electrons. The van der Waals surface area contributed by atoms with Gasteiger partial charge < -0.3 is 28.4 Å². The largest absolute Gasteiger partial charge is 0.404 e. The Balaban J connectivity index is 3.15. The van der Waals surface area contributed by atoms with E-state index in [1.54, 1.807) is 39.8 Å². The van der Waals surface area contributed by atoms with Crippen LogP contribution in [0.1, 0.15) is 61.3 Å². The second kappa shape index (κ2) is 11.1. The highest BCUT2D eigenvalue weighted by atomic mass is 16.9. The zero-order chi connectivity index (χ0) is 21.2. The zero-order valence-electron chi connectivity index (χ0n) is 17.4. The Morgan fingerprint density at radius 1 is 0.750 bits per heavy atom. The monoisotopic (exact) mass is 398 g/mol. The quantitative estimate of drug-likeness (QED) is 0.390. The van der Waals surface area contributed by atoms with E-state index in [1.807, 2.05) is 0 Å². The number of hydrogen-bond acceptors (Lipinski definition) is 8. The molecule has 0 bridgehead atoms. The molecule has 28 heavy (non-hydrogen) atoms. The SMILES string of the molecule is CCOC(CC)(OC)OC(=O)c1ccccc1C(=O)OC(CC)(OC)OCC. The Kier molecular flexibility index (Phi) is 9.54. The molecule has 0 N–H and O–H groups in total. The molecule has 0 saturated heterocycles. The van der Waals surface area contributed by atoms with Gasteiger partial charge in [-0.15, -0.1) is 0 Å². The fraction of sp³-hybridized carbons (Fsp3) is 0.600. The van der Waals surface area contributed by atoms with Crippen molar-refractivity contribution in [1.29, 1.82) is 0 Å². The molecule has 2 unspecified atom stereocenters. The summed E-state index contributed by atoms with van der Waals surface area (Å²) >= 11 is 0. The number of methoxy groups -OCH3 is 2. The first kappa shape index (κ1) is 24.0. The van der Waals surface area contributed by atoms with Crippen LogP contribution in [0.15, 0.2) is 24.3 Å². The first-order valence-electron chi connectivity index (χ1n) is 9.30. The average molecular weight is 398 g/mol. The Bertz CT molecular complexity index is 580. The number of ether oxygens (including phenoxy) is 6. The second-order valence-corrected chi connectivity index (χ2v) is 5.67. The first-order chi connectivity index (χ1) is 13.4. The van der Waals surface area contributed by atoms with Crippen LogP contribution in [0.3, 0.4) is 0 Å². The van der Waals surface area contributed by atoms with Crippen molar-refractivity contribution >= 4 is 11.9 Å². The topological polar surface area (TPSA) is 89.5 Å². The molecule has 1 aromatic rings. The van der Waals surface area contributed by atoms with Gasteiger partial charge in [0.1, 0.15) is 0 Å². The van der Waals surface area contributed by atoms with Gasteiger partial charge in [0.05, 0.1) is 24.3 Å². The Labute approximate surface area is 166 Å². The van der Waals surface area contributed by atoms with Gasteiger partial charge in [0, 0.05) is 27.1 Å². The molecular formula is C20H30O8. The minimum absolute atomic E-state index is 0.0136. The predicted octanol–water partition coefficient (Wildman–Crippen LogP) is 3.49. The Morgan fingerprint density at radius 2 is 1.11 bits per heavy atom. The molecule has 0 amide bonds. The van der Waals surface area contributed by atoms with Crippen LogP contribution in [-0.2, 0) is 28.4 Å². The van der Waals surface area contributed by atoms with E-state index in [0.717, 1.165) is 0 Å². The highest BCUT2D eigenvalue weighted by Crippen LogP contribution is 2.25. The molecule has 0 saturated carbocycles. The normalized spacial score (nSPS) is 15.4. The van der Waals surface area contributed by atoms with Gasteiger partial charge in [-0.1, -0.05) is 26.0 Å². The predicted molar refractivity (Wildman–Crippen MR) is 101 cm³/mol. The summed E-state index contributed by atoms with van der Waals surface area (Å²) in [6.07, 6.45) is 0.533. The molecule has 8 nitrogen and oxygen atoms in total. The lowest BCUT2D eigenvalue weighted by molar-refractivity contribution is -0.346. The van der Waals surface area contributed by atoms with Gasteiger partial charge in [0.15, 0.2) is 0 Å². The van der Waals surface area contributed by atoms with Gasteiger partial charge in [0.2, 0.25) is 0 Å². The van der Waals surface area contributed by atoms with Crippen LogP contribution in [0.4, 0.5) is 0 Å². The van der Waals surface area contributed by atoms with Crippen LogP contribution >= 0.6 is 0 Å². The van der Waals surface area contributed by atoms with E-state index in [-0.39, 0.29) is 37.2 Å². The number of hydrogen-bond donors (Lipinski definition) is 0. The van der Waals surface area contributed by atoms with E-state index in [2.05, 4.69) is 0 Å². The molecule has 1 rings (SSSR count). The number of carbonyl (C=O) groups excluding carboxylic acids is 2. The van der Waals surface area contributed by atoms with E-state index in [4.69, 9.17) is 28.4 Å². The maximum Gasteiger partial charge on any atom is 0.343 e. The fourth-order valence-electron chi connectivity index (χ4n) is 2.57. The van der Waals surface area contributed by atoms with Crippen molar-refractivity contribution in [2.75, 3.05) is 27.4 Å². The van der Waals surface area contributed by atoms with Crippen LogP contribution in [0.25, 0.3) is 0 Å². The maximum absolute atomic E-state index is 12.8. The van der Waals surface area contributed by atoms with Gasteiger partial charge in [-0.3, -0.25) is 0 Å². The average Bonchev–Trinajstić information content (AvgIpc) is 2.72. The highest BCUT2D eigenvalue weighted by molar-refractivity contribution is 6.03. The van der Waals surface area contributed by atoms with Gasteiger partial charge in [-0.2, -0.15) is 0 Å². The van der Waals surface area contributed by atoms with Crippen LogP contribution < -0.4 is 0 Å². The summed E-state index contributed by atoms with van der Waals surface area (Å²) in [6.45, 7) is 7.57. The van der Waals surface area contributed by atoms with Crippen molar-refractivity contribution in [3.63, 3.8) is 0 Å². The molecule has 1 aromatic carbocycles. The van der Waals surface area contributed by atoms with E-state index in [9.17, 15) is 9.59 Å². The van der Waals surface area contributed by atoms with Crippen LogP contribution in [0.5, 0.6) is 0 Å². The Hall–Kier alpha value is -2.00. The third kappa shape index (κ3) is 5.75. The molecule has 0 spiro atoms. The fourth-order valence-corrected chi connectivity index (χ4v) is 2.57. The molecule has 0 heterocycles. The molecule has 8 heteroatoms. The Morgan fingerprint density at radius 3 is 1.36 bits per heavy atom. The highest BCUT2D eigenvalue weighted by Gasteiger charge is 2.37. The standard InChI is InChI=1S/C20H30O8/c1-7-19(23-5,25-9-3)27-17(21)15-13-11-12-14-16(15)18(22)28-20(8-2,24-6)26-10-4/h11-14H,7-10H2,1-6H3. The number of rotatable bonds is 12. The van der Waals surface area contributed by atoms with E-state index in [0.29, 0.717) is 0 Å². The summed E-state index contributed by atoms with van der Waals surface area (Å²) in [6, 6.07) is 6.14. The third-order valence-corrected chi connectivity index (χ3v) is 4.08. The summed E-state index contributed by atoms with van der Waals surface area (Å²) in [7, 11) is 2.76. The molecule has 0 aliphatic carbocycles. The van der Waals surface area contributed by atoms with Crippen molar-refractivity contribution in [3.05, 3.63) is 35.4 Å². The van der Waals surface area contributed by atoms with Crippen molar-refractivity contribution in [2.45, 2.75) is 52.5 Å². The molecular weight excluding hydrogens is 368 g/mol. The summed E-state index contributed by atoms with van der Waals surface area (Å²) in [5.74, 6) is -4.62. The minimum atomic E-state index is -1.53. The van der Waals surface area contributed by atoms with Crippen LogP contribution in [0.2, 0.25) is 0 Å². The van der Waals surface area contributed by atoms with Gasteiger partial charge in [0.25, 0.3) is 0 Å². The van der Waals surface area contributed by atoms with Gasteiger partial charge >= 0.3 is 23.9 Å². The van der Waals surface area contributed by atoms with Crippen molar-refractivity contribution < 1.29 is 38.0 Å². The number of benzene rings is 1. The smallest absolute Gasteiger partial charge is 0.343 e. The van der Waals surface area contributed by atoms with E-state index < -0.39 is 23.9 Å². The molecule has 0 aromatic heterocycles. The molecule has 0 radical (unpaired) electrons. The molecule has 0 aliphatic rings. The van der Waals surface area contributed by atoms with Crippen molar-refractivity contribution in [1.82, 2.24) is 0 Å². The molecule has 0 aliphatic heterocycles. The van der Waals surface area contributed by atoms with Gasteiger partial charge in [-0.05, 0) is 26.0 Å². The van der Waals surface area contributed by atoms with Crippen LogP contribution in [0, 0.1) is 0 Å². The second-order valence-electron chi connectivity index (χ2n) is 5.67. The van der Waals surface area contributed by atoms with Crippen molar-refractivity contribution in [2.24, 2.45) is 0 Å². The lowest BCUT2D eigenvalue weighted by atomic mass is 10.1. The van der Waals surface area contributed by atoms with Gasteiger partial charge in [-0.25, -0.2) is 9.59 Å². The van der Waals surface area contributed by atoms with Crippen molar-refractivity contribution in [3.8, 4) is 0 Å². The number of carbonyl (C=O) groups is 2.